The Hall–Kier alpha value is -3.73. The number of aromatic nitrogens is 1. The summed E-state index contributed by atoms with van der Waals surface area (Å²) in [5.74, 6) is 1.64. The third-order valence-corrected chi connectivity index (χ3v) is 6.77. The van der Waals surface area contributed by atoms with Gasteiger partial charge in [-0.15, -0.1) is 0 Å². The number of furan rings is 1. The fourth-order valence-corrected chi connectivity index (χ4v) is 5.02. The third-order valence-electron chi connectivity index (χ3n) is 6.77. The molecule has 2 heterocycles. The summed E-state index contributed by atoms with van der Waals surface area (Å²) in [6.45, 7) is 1.99. The van der Waals surface area contributed by atoms with E-state index in [4.69, 9.17) is 9.15 Å². The van der Waals surface area contributed by atoms with Gasteiger partial charge in [-0.1, -0.05) is 18.6 Å². The average Bonchev–Trinajstić information content (AvgIpc) is 3.45. The second-order valence-electron chi connectivity index (χ2n) is 9.33. The molecule has 0 saturated heterocycles. The number of amides is 1. The van der Waals surface area contributed by atoms with E-state index in [-0.39, 0.29) is 11.9 Å². The molecule has 1 atom stereocenters. The Balaban J connectivity index is 1.44. The molecule has 1 aliphatic rings. The predicted octanol–water partition coefficient (Wildman–Crippen LogP) is 6.38. The van der Waals surface area contributed by atoms with Gasteiger partial charge >= 0.3 is 0 Å². The Kier molecular flexibility index (Phi) is 6.75. The van der Waals surface area contributed by atoms with Gasteiger partial charge in [-0.05, 0) is 92.8 Å². The highest BCUT2D eigenvalue weighted by Gasteiger charge is 2.20. The normalized spacial score (nSPS) is 14.1. The van der Waals surface area contributed by atoms with E-state index in [0.717, 1.165) is 35.6 Å². The minimum absolute atomic E-state index is 0.0202. The van der Waals surface area contributed by atoms with Crippen molar-refractivity contribution in [2.45, 2.75) is 51.5 Å². The predicted molar refractivity (Wildman–Crippen MR) is 138 cm³/mol. The number of fused-ring (bicyclic) bond motifs is 1. The third kappa shape index (κ3) is 5.04. The lowest BCUT2D eigenvalue weighted by Crippen LogP contribution is -2.33. The topological polar surface area (TPSA) is 56.4 Å². The van der Waals surface area contributed by atoms with Crippen LogP contribution in [0.3, 0.4) is 0 Å². The minimum atomic E-state index is -0.0741. The molecule has 1 amide bonds. The van der Waals surface area contributed by atoms with Gasteiger partial charge in [0.15, 0.2) is 0 Å². The lowest BCUT2D eigenvalue weighted by Gasteiger charge is -2.16. The van der Waals surface area contributed by atoms with Crippen molar-refractivity contribution in [1.82, 2.24) is 9.88 Å². The molecule has 0 radical (unpaired) electrons. The van der Waals surface area contributed by atoms with Crippen molar-refractivity contribution in [3.63, 3.8) is 0 Å². The van der Waals surface area contributed by atoms with Gasteiger partial charge in [0.1, 0.15) is 11.5 Å². The Labute approximate surface area is 206 Å². The van der Waals surface area contributed by atoms with Crippen LogP contribution in [0.4, 0.5) is 0 Å². The molecule has 5 rings (SSSR count). The number of ether oxygens (including phenoxy) is 1. The number of rotatable bonds is 7. The Morgan fingerprint density at radius 3 is 2.63 bits per heavy atom. The molecule has 0 unspecified atom stereocenters. The highest BCUT2D eigenvalue weighted by atomic mass is 16.5. The van der Waals surface area contributed by atoms with Gasteiger partial charge in [-0.25, -0.2) is 0 Å². The molecule has 0 aliphatic heterocycles. The van der Waals surface area contributed by atoms with Crippen LogP contribution in [-0.4, -0.2) is 23.6 Å². The quantitative estimate of drug-likeness (QED) is 0.320. The fourth-order valence-electron chi connectivity index (χ4n) is 5.02. The van der Waals surface area contributed by atoms with Crippen LogP contribution < -0.4 is 10.1 Å². The molecule has 1 aliphatic carbocycles. The van der Waals surface area contributed by atoms with Gasteiger partial charge in [0, 0.05) is 35.0 Å². The van der Waals surface area contributed by atoms with Crippen LogP contribution in [0.25, 0.3) is 16.9 Å². The van der Waals surface area contributed by atoms with Crippen LogP contribution in [-0.2, 0) is 19.3 Å². The Morgan fingerprint density at radius 2 is 1.86 bits per heavy atom. The number of nitrogens with one attached hydrogen (secondary N) is 1. The summed E-state index contributed by atoms with van der Waals surface area (Å²) < 4.78 is 13.3. The van der Waals surface area contributed by atoms with Crippen LogP contribution in [0.5, 0.6) is 5.75 Å². The molecule has 0 saturated carbocycles. The van der Waals surface area contributed by atoms with Crippen molar-refractivity contribution in [1.29, 1.82) is 0 Å². The first-order valence-electron chi connectivity index (χ1n) is 12.4. The molecular formula is C30H32N2O3. The number of carbonyl (C=O) groups is 1. The largest absolute Gasteiger partial charge is 0.497 e. The van der Waals surface area contributed by atoms with Gasteiger partial charge in [0.2, 0.25) is 0 Å². The van der Waals surface area contributed by atoms with Crippen LogP contribution in [0.15, 0.2) is 77.4 Å². The molecule has 0 fully saturated rings. The van der Waals surface area contributed by atoms with E-state index in [0.29, 0.717) is 12.0 Å². The smallest absolute Gasteiger partial charge is 0.251 e. The second kappa shape index (κ2) is 10.3. The SMILES string of the molecule is COc1cccc(-c2cc3c(n2-c2ccc(C(=O)N[C@@H](C)Cc4ccco4)cc2)CCCCC3)c1. The van der Waals surface area contributed by atoms with Gasteiger partial charge in [0.25, 0.3) is 5.91 Å². The van der Waals surface area contributed by atoms with E-state index < -0.39 is 0 Å². The number of hydrogen-bond donors (Lipinski definition) is 1. The molecule has 2 aromatic heterocycles. The maximum atomic E-state index is 12.9. The first-order chi connectivity index (χ1) is 17.1. The maximum Gasteiger partial charge on any atom is 0.251 e. The van der Waals surface area contributed by atoms with Crippen molar-refractivity contribution >= 4 is 5.91 Å². The number of hydrogen-bond acceptors (Lipinski definition) is 3. The van der Waals surface area contributed by atoms with Crippen molar-refractivity contribution in [3.05, 3.63) is 95.6 Å². The van der Waals surface area contributed by atoms with E-state index in [9.17, 15) is 4.79 Å². The summed E-state index contributed by atoms with van der Waals surface area (Å²) in [4.78, 5) is 12.9. The summed E-state index contributed by atoms with van der Waals surface area (Å²) in [6.07, 6.45) is 8.17. The summed E-state index contributed by atoms with van der Waals surface area (Å²) in [6, 6.07) is 22.3. The molecule has 5 nitrogen and oxygen atoms in total. The lowest BCUT2D eigenvalue weighted by atomic mass is 10.1. The highest BCUT2D eigenvalue weighted by Crippen LogP contribution is 2.34. The van der Waals surface area contributed by atoms with E-state index >= 15 is 0 Å². The van der Waals surface area contributed by atoms with Crippen LogP contribution in [0, 0.1) is 0 Å². The number of benzene rings is 2. The standard InChI is InChI=1S/C30H32N2O3/c1-21(18-27-11-7-17-35-27)31-30(33)22-13-15-25(16-14-22)32-28-12-5-3-4-8-24(28)20-29(32)23-9-6-10-26(19-23)34-2/h6-7,9-11,13-17,19-21H,3-5,8,12,18H2,1-2H3,(H,31,33)/t21-/m0/s1. The minimum Gasteiger partial charge on any atom is -0.497 e. The first-order valence-corrected chi connectivity index (χ1v) is 12.4. The number of carbonyl (C=O) groups excluding carboxylic acids is 1. The zero-order valence-corrected chi connectivity index (χ0v) is 20.4. The average molecular weight is 469 g/mol. The monoisotopic (exact) mass is 468 g/mol. The van der Waals surface area contributed by atoms with Crippen LogP contribution in [0.1, 0.15) is 53.6 Å². The summed E-state index contributed by atoms with van der Waals surface area (Å²) in [5.41, 5.74) is 6.83. The number of aryl methyl sites for hydroxylation is 1. The van der Waals surface area contributed by atoms with Gasteiger partial charge in [-0.3, -0.25) is 4.79 Å². The van der Waals surface area contributed by atoms with E-state index in [1.54, 1.807) is 13.4 Å². The molecule has 35 heavy (non-hydrogen) atoms. The summed E-state index contributed by atoms with van der Waals surface area (Å²) >= 11 is 0. The molecule has 0 spiro atoms. The van der Waals surface area contributed by atoms with Crippen molar-refractivity contribution in [3.8, 4) is 22.7 Å². The van der Waals surface area contributed by atoms with E-state index in [1.165, 1.54) is 36.2 Å². The zero-order chi connectivity index (χ0) is 24.2. The number of nitrogens with zero attached hydrogens (tertiary/aromatic N) is 1. The lowest BCUT2D eigenvalue weighted by molar-refractivity contribution is 0.0939. The maximum absolute atomic E-state index is 12.9. The van der Waals surface area contributed by atoms with Crippen molar-refractivity contribution in [2.24, 2.45) is 0 Å². The molecule has 1 N–H and O–H groups in total. The molecule has 5 heteroatoms. The fraction of sp³-hybridized carbons (Fsp3) is 0.300. The molecule has 180 valence electrons. The Morgan fingerprint density at radius 1 is 1.03 bits per heavy atom. The number of methoxy groups -OCH3 is 1. The molecular weight excluding hydrogens is 436 g/mol. The van der Waals surface area contributed by atoms with E-state index in [2.05, 4.69) is 40.2 Å². The van der Waals surface area contributed by atoms with Crippen molar-refractivity contribution in [2.75, 3.05) is 7.11 Å². The van der Waals surface area contributed by atoms with Crippen LogP contribution >= 0.6 is 0 Å². The van der Waals surface area contributed by atoms with Gasteiger partial charge in [-0.2, -0.15) is 0 Å². The molecule has 4 aromatic rings. The van der Waals surface area contributed by atoms with Gasteiger partial charge in [0.05, 0.1) is 19.1 Å². The van der Waals surface area contributed by atoms with Crippen molar-refractivity contribution < 1.29 is 13.9 Å². The summed E-state index contributed by atoms with van der Waals surface area (Å²) in [5, 5.41) is 3.08. The molecule has 0 bridgehead atoms. The zero-order valence-electron chi connectivity index (χ0n) is 20.4. The van der Waals surface area contributed by atoms with Gasteiger partial charge < -0.3 is 19.0 Å². The highest BCUT2D eigenvalue weighted by molar-refractivity contribution is 5.94. The van der Waals surface area contributed by atoms with Crippen LogP contribution in [0.2, 0.25) is 0 Å². The molecule has 2 aromatic carbocycles. The van der Waals surface area contributed by atoms with E-state index in [1.807, 2.05) is 43.3 Å². The second-order valence-corrected chi connectivity index (χ2v) is 9.33. The summed E-state index contributed by atoms with van der Waals surface area (Å²) in [7, 11) is 1.70. The Bertz CT molecular complexity index is 1290. The first kappa shape index (κ1) is 23.0.